The van der Waals surface area contributed by atoms with Gasteiger partial charge in [-0.25, -0.2) is 4.98 Å². The van der Waals surface area contributed by atoms with E-state index in [0.717, 1.165) is 27.9 Å². The molecule has 0 aliphatic heterocycles. The number of aromatic hydroxyl groups is 2. The van der Waals surface area contributed by atoms with E-state index in [1.807, 2.05) is 0 Å². The van der Waals surface area contributed by atoms with Gasteiger partial charge in [-0.1, -0.05) is 11.3 Å². The van der Waals surface area contributed by atoms with Crippen molar-refractivity contribution in [3.63, 3.8) is 0 Å². The topological polar surface area (TPSA) is 74.8 Å². The van der Waals surface area contributed by atoms with E-state index in [4.69, 9.17) is 0 Å². The van der Waals surface area contributed by atoms with E-state index in [-0.39, 0.29) is 10.5 Å². The number of alkyl halides is 3. The molecule has 9 heteroatoms. The fraction of sp³-hybridized carbons (Fsp3) is 0.0909. The van der Waals surface area contributed by atoms with E-state index in [1.165, 1.54) is 0 Å². The van der Waals surface area contributed by atoms with Gasteiger partial charge >= 0.3 is 6.18 Å². The Morgan fingerprint density at radius 2 is 1.80 bits per heavy atom. The molecule has 2 aromatic heterocycles. The summed E-state index contributed by atoms with van der Waals surface area (Å²) < 4.78 is 39.1. The number of rotatable bonds is 0. The lowest BCUT2D eigenvalue weighted by atomic mass is 10.3. The van der Waals surface area contributed by atoms with Gasteiger partial charge < -0.3 is 10.2 Å². The minimum Gasteiger partial charge on any atom is -0.504 e. The van der Waals surface area contributed by atoms with Crippen molar-refractivity contribution in [2.45, 2.75) is 6.18 Å². The molecule has 20 heavy (non-hydrogen) atoms. The molecule has 104 valence electrons. The zero-order chi connectivity index (χ0) is 14.7. The standard InChI is InChI=1S/C11H5F3N2O3S/c12-11(13,14)8-3-9(19)16-4-1-5(17)6(18)2-7(4)20-10(16)15-8/h1-3,17-18H. The number of halogens is 3. The van der Waals surface area contributed by atoms with Crippen molar-refractivity contribution < 1.29 is 23.4 Å². The lowest BCUT2D eigenvalue weighted by Gasteiger charge is -2.04. The van der Waals surface area contributed by atoms with E-state index in [1.54, 1.807) is 0 Å². The zero-order valence-electron chi connectivity index (χ0n) is 9.47. The molecule has 0 amide bonds. The molecule has 0 aliphatic rings. The molecule has 0 saturated heterocycles. The molecule has 2 N–H and O–H groups in total. The van der Waals surface area contributed by atoms with Crippen molar-refractivity contribution >= 4 is 26.5 Å². The Morgan fingerprint density at radius 3 is 2.45 bits per heavy atom. The largest absolute Gasteiger partial charge is 0.504 e. The first kappa shape index (κ1) is 12.7. The van der Waals surface area contributed by atoms with Crippen LogP contribution in [0.15, 0.2) is 23.0 Å². The van der Waals surface area contributed by atoms with Crippen molar-refractivity contribution in [1.82, 2.24) is 9.38 Å². The summed E-state index contributed by atoms with van der Waals surface area (Å²) in [6.45, 7) is 0. The Bertz CT molecular complexity index is 898. The Balaban J connectivity index is 2.46. The number of hydrogen-bond acceptors (Lipinski definition) is 5. The number of thiazole rings is 1. The highest BCUT2D eigenvalue weighted by Crippen LogP contribution is 2.35. The molecule has 0 radical (unpaired) electrons. The normalized spacial score (nSPS) is 12.3. The van der Waals surface area contributed by atoms with Crippen molar-refractivity contribution in [2.75, 3.05) is 0 Å². The summed E-state index contributed by atoms with van der Waals surface area (Å²) in [6.07, 6.45) is -4.71. The van der Waals surface area contributed by atoms with Crippen LogP contribution >= 0.6 is 11.3 Å². The molecular formula is C11H5F3N2O3S. The fourth-order valence-electron chi connectivity index (χ4n) is 1.80. The summed E-state index contributed by atoms with van der Waals surface area (Å²) in [5.74, 6) is -0.892. The van der Waals surface area contributed by atoms with Gasteiger partial charge in [-0.15, -0.1) is 0 Å². The number of hydrogen-bond donors (Lipinski definition) is 2. The van der Waals surface area contributed by atoms with Crippen LogP contribution in [-0.2, 0) is 6.18 Å². The van der Waals surface area contributed by atoms with E-state index in [9.17, 15) is 28.2 Å². The molecule has 0 atom stereocenters. The molecule has 3 aromatic rings. The van der Waals surface area contributed by atoms with Gasteiger partial charge in [-0.05, 0) is 0 Å². The number of fused-ring (bicyclic) bond motifs is 3. The highest BCUT2D eigenvalue weighted by molar-refractivity contribution is 7.23. The second-order valence-corrected chi connectivity index (χ2v) is 5.02. The second-order valence-electron chi connectivity index (χ2n) is 4.01. The molecule has 0 aliphatic carbocycles. The summed E-state index contributed by atoms with van der Waals surface area (Å²) in [4.78, 5) is 15.0. The van der Waals surface area contributed by atoms with Crippen LogP contribution in [0.1, 0.15) is 5.69 Å². The van der Waals surface area contributed by atoms with Gasteiger partial charge in [-0.2, -0.15) is 13.2 Å². The summed E-state index contributed by atoms with van der Waals surface area (Å²) in [7, 11) is 0. The average molecular weight is 302 g/mol. The summed E-state index contributed by atoms with van der Waals surface area (Å²) >= 11 is 0.810. The maximum absolute atomic E-state index is 12.6. The van der Waals surface area contributed by atoms with Gasteiger partial charge in [0.15, 0.2) is 22.2 Å². The fourth-order valence-corrected chi connectivity index (χ4v) is 2.84. The van der Waals surface area contributed by atoms with Crippen molar-refractivity contribution in [3.8, 4) is 11.5 Å². The monoisotopic (exact) mass is 302 g/mol. The number of aromatic nitrogens is 2. The van der Waals surface area contributed by atoms with Crippen LogP contribution in [0, 0.1) is 0 Å². The summed E-state index contributed by atoms with van der Waals surface area (Å²) in [6, 6.07) is 2.66. The molecule has 0 fully saturated rings. The van der Waals surface area contributed by atoms with Crippen LogP contribution in [0.25, 0.3) is 15.2 Å². The van der Waals surface area contributed by atoms with Crippen molar-refractivity contribution in [2.24, 2.45) is 0 Å². The first-order valence-corrected chi connectivity index (χ1v) is 6.04. The van der Waals surface area contributed by atoms with Crippen molar-refractivity contribution in [3.05, 3.63) is 34.2 Å². The molecule has 5 nitrogen and oxygen atoms in total. The zero-order valence-corrected chi connectivity index (χ0v) is 10.3. The van der Waals surface area contributed by atoms with Crippen molar-refractivity contribution in [1.29, 1.82) is 0 Å². The third-order valence-electron chi connectivity index (χ3n) is 2.68. The van der Waals surface area contributed by atoms with E-state index in [2.05, 4.69) is 4.98 Å². The van der Waals surface area contributed by atoms with Gasteiger partial charge in [0.25, 0.3) is 5.56 Å². The first-order valence-electron chi connectivity index (χ1n) is 5.23. The lowest BCUT2D eigenvalue weighted by molar-refractivity contribution is -0.141. The number of phenolic OH excluding ortho intramolecular Hbond substituents is 2. The maximum atomic E-state index is 12.6. The third-order valence-corrected chi connectivity index (χ3v) is 3.68. The minimum atomic E-state index is -4.71. The van der Waals surface area contributed by atoms with Gasteiger partial charge in [0.1, 0.15) is 0 Å². The first-order chi connectivity index (χ1) is 9.27. The Hall–Kier alpha value is -2.29. The number of benzene rings is 1. The average Bonchev–Trinajstić information content (AvgIpc) is 2.66. The molecular weight excluding hydrogens is 297 g/mol. The minimum absolute atomic E-state index is 0.162. The lowest BCUT2D eigenvalue weighted by Crippen LogP contribution is -2.18. The smallest absolute Gasteiger partial charge is 0.433 e. The molecule has 1 aromatic carbocycles. The molecule has 3 rings (SSSR count). The predicted molar refractivity (Wildman–Crippen MR) is 65.2 cm³/mol. The molecule has 0 unspecified atom stereocenters. The molecule has 2 heterocycles. The van der Waals surface area contributed by atoms with Crippen LogP contribution < -0.4 is 5.56 Å². The van der Waals surface area contributed by atoms with Gasteiger partial charge in [0.2, 0.25) is 0 Å². The van der Waals surface area contributed by atoms with Crippen LogP contribution in [0.2, 0.25) is 0 Å². The van der Waals surface area contributed by atoms with Crippen LogP contribution in [0.5, 0.6) is 11.5 Å². The van der Waals surface area contributed by atoms with Gasteiger partial charge in [0, 0.05) is 18.2 Å². The third kappa shape index (κ3) is 1.78. The van der Waals surface area contributed by atoms with Crippen LogP contribution in [0.3, 0.4) is 0 Å². The Labute approximate surface area is 112 Å². The van der Waals surface area contributed by atoms with Crippen LogP contribution in [0.4, 0.5) is 13.2 Å². The highest BCUT2D eigenvalue weighted by Gasteiger charge is 2.33. The highest BCUT2D eigenvalue weighted by atomic mass is 32.1. The van der Waals surface area contributed by atoms with E-state index >= 15 is 0 Å². The number of nitrogens with zero attached hydrogens (tertiary/aromatic N) is 2. The number of phenols is 2. The quantitative estimate of drug-likeness (QED) is 0.625. The summed E-state index contributed by atoms with van der Waals surface area (Å²) in [5, 5.41) is 18.8. The van der Waals surface area contributed by atoms with E-state index in [0.29, 0.717) is 10.8 Å². The summed E-state index contributed by atoms with van der Waals surface area (Å²) in [5.41, 5.74) is -1.99. The second kappa shape index (κ2) is 3.85. The SMILES string of the molecule is O=c1cc(C(F)(F)F)nc2sc3cc(O)c(O)cc3n12. The molecule has 0 saturated carbocycles. The Kier molecular flexibility index (Phi) is 2.45. The van der Waals surface area contributed by atoms with Crippen LogP contribution in [-0.4, -0.2) is 19.6 Å². The molecule has 0 bridgehead atoms. The predicted octanol–water partition coefficient (Wildman–Crippen LogP) is 2.34. The maximum Gasteiger partial charge on any atom is 0.433 e. The Morgan fingerprint density at radius 1 is 1.15 bits per heavy atom. The van der Waals surface area contributed by atoms with Gasteiger partial charge in [0.05, 0.1) is 10.2 Å². The van der Waals surface area contributed by atoms with Gasteiger partial charge in [-0.3, -0.25) is 9.20 Å². The molecule has 0 spiro atoms. The van der Waals surface area contributed by atoms with E-state index < -0.39 is 28.9 Å².